The molecule has 0 aliphatic carbocycles. The monoisotopic (exact) mass is 251 g/mol. The van der Waals surface area contributed by atoms with E-state index in [4.69, 9.17) is 10.7 Å². The molecule has 3 rings (SSSR count). The number of nitrogen functional groups attached to an aromatic ring is 1. The normalized spacial score (nSPS) is 11.1. The third-order valence-electron chi connectivity index (χ3n) is 3.56. The zero-order chi connectivity index (χ0) is 13.6. The first kappa shape index (κ1) is 11.8. The van der Waals surface area contributed by atoms with Crippen LogP contribution in [0.4, 0.5) is 5.69 Å². The molecule has 2 aromatic carbocycles. The van der Waals surface area contributed by atoms with Crippen molar-refractivity contribution in [3.05, 3.63) is 47.5 Å². The summed E-state index contributed by atoms with van der Waals surface area (Å²) in [7, 11) is 2.03. The molecule has 0 unspecified atom stereocenters. The largest absolute Gasteiger partial charge is 0.398 e. The predicted molar refractivity (Wildman–Crippen MR) is 80.0 cm³/mol. The van der Waals surface area contributed by atoms with Crippen molar-refractivity contribution in [3.8, 4) is 11.4 Å². The number of nitrogens with zero attached hydrogens (tertiary/aromatic N) is 2. The Morgan fingerprint density at radius 1 is 1.11 bits per heavy atom. The van der Waals surface area contributed by atoms with Gasteiger partial charge in [-0.1, -0.05) is 18.2 Å². The molecular weight excluding hydrogens is 234 g/mol. The number of imidazole rings is 1. The molecule has 0 atom stereocenters. The molecule has 0 saturated heterocycles. The molecule has 2 N–H and O–H groups in total. The quantitative estimate of drug-likeness (QED) is 0.673. The van der Waals surface area contributed by atoms with E-state index in [0.29, 0.717) is 0 Å². The number of aryl methyl sites for hydroxylation is 3. The van der Waals surface area contributed by atoms with Crippen LogP contribution in [0.3, 0.4) is 0 Å². The van der Waals surface area contributed by atoms with E-state index >= 15 is 0 Å². The Morgan fingerprint density at radius 2 is 1.89 bits per heavy atom. The maximum Gasteiger partial charge on any atom is 0.143 e. The molecule has 1 heterocycles. The van der Waals surface area contributed by atoms with Gasteiger partial charge in [-0.05, 0) is 43.2 Å². The third kappa shape index (κ3) is 1.78. The maximum atomic E-state index is 6.12. The van der Waals surface area contributed by atoms with Gasteiger partial charge in [-0.25, -0.2) is 4.98 Å². The zero-order valence-corrected chi connectivity index (χ0v) is 11.4. The van der Waals surface area contributed by atoms with Crippen LogP contribution in [0.5, 0.6) is 0 Å². The summed E-state index contributed by atoms with van der Waals surface area (Å²) in [4.78, 5) is 4.75. The summed E-state index contributed by atoms with van der Waals surface area (Å²) in [6, 6.07) is 12.3. The van der Waals surface area contributed by atoms with Gasteiger partial charge in [0.15, 0.2) is 0 Å². The lowest BCUT2D eigenvalue weighted by Gasteiger charge is -2.09. The molecule has 0 saturated carbocycles. The van der Waals surface area contributed by atoms with Crippen LogP contribution >= 0.6 is 0 Å². The van der Waals surface area contributed by atoms with Gasteiger partial charge < -0.3 is 10.3 Å². The van der Waals surface area contributed by atoms with E-state index < -0.39 is 0 Å². The second-order valence-electron chi connectivity index (χ2n) is 5.03. The van der Waals surface area contributed by atoms with Gasteiger partial charge in [0.25, 0.3) is 0 Å². The number of hydrogen-bond acceptors (Lipinski definition) is 2. The number of aromatic nitrogens is 2. The molecule has 3 aromatic rings. The Hall–Kier alpha value is -2.29. The fraction of sp³-hybridized carbons (Fsp3) is 0.188. The molecule has 0 radical (unpaired) electrons. The average molecular weight is 251 g/mol. The molecule has 96 valence electrons. The molecule has 3 heteroatoms. The van der Waals surface area contributed by atoms with Gasteiger partial charge in [0, 0.05) is 18.3 Å². The van der Waals surface area contributed by atoms with E-state index in [-0.39, 0.29) is 0 Å². The highest BCUT2D eigenvalue weighted by atomic mass is 15.1. The molecule has 3 nitrogen and oxygen atoms in total. The van der Waals surface area contributed by atoms with Gasteiger partial charge in [-0.15, -0.1) is 0 Å². The minimum Gasteiger partial charge on any atom is -0.398 e. The minimum atomic E-state index is 0.773. The van der Waals surface area contributed by atoms with Crippen LogP contribution in [0, 0.1) is 13.8 Å². The van der Waals surface area contributed by atoms with Crippen molar-refractivity contribution in [2.24, 2.45) is 7.05 Å². The summed E-state index contributed by atoms with van der Waals surface area (Å²) in [6.45, 7) is 4.15. The predicted octanol–water partition coefficient (Wildman–Crippen LogP) is 3.44. The lowest BCUT2D eigenvalue weighted by Crippen LogP contribution is -1.98. The summed E-state index contributed by atoms with van der Waals surface area (Å²) in [5.41, 5.74) is 12.4. The first-order chi connectivity index (χ1) is 9.08. The van der Waals surface area contributed by atoms with Crippen molar-refractivity contribution in [1.29, 1.82) is 0 Å². The van der Waals surface area contributed by atoms with Crippen molar-refractivity contribution in [2.75, 3.05) is 5.73 Å². The molecule has 0 amide bonds. The highest BCUT2D eigenvalue weighted by Gasteiger charge is 2.14. The van der Waals surface area contributed by atoms with Crippen molar-refractivity contribution in [1.82, 2.24) is 9.55 Å². The van der Waals surface area contributed by atoms with Gasteiger partial charge in [0.1, 0.15) is 5.82 Å². The molecule has 1 aromatic heterocycles. The lowest BCUT2D eigenvalue weighted by molar-refractivity contribution is 0.958. The molecule has 0 spiro atoms. The van der Waals surface area contributed by atoms with Crippen LogP contribution in [0.15, 0.2) is 36.4 Å². The van der Waals surface area contributed by atoms with Crippen molar-refractivity contribution in [3.63, 3.8) is 0 Å². The molecule has 19 heavy (non-hydrogen) atoms. The third-order valence-corrected chi connectivity index (χ3v) is 3.56. The fourth-order valence-corrected chi connectivity index (χ4v) is 2.53. The minimum absolute atomic E-state index is 0.773. The molecule has 0 aliphatic rings. The summed E-state index contributed by atoms with van der Waals surface area (Å²) >= 11 is 0. The topological polar surface area (TPSA) is 43.8 Å². The second-order valence-corrected chi connectivity index (χ2v) is 5.03. The Labute approximate surface area is 112 Å². The molecule has 0 fully saturated rings. The van der Waals surface area contributed by atoms with Gasteiger partial charge in [-0.3, -0.25) is 0 Å². The summed E-state index contributed by atoms with van der Waals surface area (Å²) in [5, 5.41) is 0. The van der Waals surface area contributed by atoms with Crippen LogP contribution in [-0.4, -0.2) is 9.55 Å². The smallest absolute Gasteiger partial charge is 0.143 e. The van der Waals surface area contributed by atoms with Crippen molar-refractivity contribution < 1.29 is 0 Å². The Kier molecular flexibility index (Phi) is 2.56. The number of hydrogen-bond donors (Lipinski definition) is 1. The van der Waals surface area contributed by atoms with Gasteiger partial charge in [0.2, 0.25) is 0 Å². The van der Waals surface area contributed by atoms with Crippen molar-refractivity contribution in [2.45, 2.75) is 13.8 Å². The number of fused-ring (bicyclic) bond motifs is 1. The number of rotatable bonds is 1. The SMILES string of the molecule is Cc1ccc2c(c1)nc(-c1c(C)cccc1N)n2C. The number of anilines is 1. The second kappa shape index (κ2) is 4.12. The fourth-order valence-electron chi connectivity index (χ4n) is 2.53. The van der Waals surface area contributed by atoms with E-state index in [0.717, 1.165) is 33.7 Å². The van der Waals surface area contributed by atoms with Crippen molar-refractivity contribution >= 4 is 16.7 Å². The summed E-state index contributed by atoms with van der Waals surface area (Å²) in [5.74, 6) is 0.927. The average Bonchev–Trinajstić information content (AvgIpc) is 2.66. The van der Waals surface area contributed by atoms with Crippen LogP contribution in [0.1, 0.15) is 11.1 Å². The Bertz CT molecular complexity index is 749. The molecule has 0 aliphatic heterocycles. The van der Waals surface area contributed by atoms with Crippen LogP contribution in [-0.2, 0) is 7.05 Å². The van der Waals surface area contributed by atoms with Crippen LogP contribution < -0.4 is 5.73 Å². The standard InChI is InChI=1S/C16H17N3/c1-10-7-8-14-13(9-10)18-16(19(14)3)15-11(2)5-4-6-12(15)17/h4-9H,17H2,1-3H3. The first-order valence-electron chi connectivity index (χ1n) is 6.36. The van der Waals surface area contributed by atoms with Gasteiger partial charge >= 0.3 is 0 Å². The van der Waals surface area contributed by atoms with Crippen LogP contribution in [0.25, 0.3) is 22.4 Å². The first-order valence-corrected chi connectivity index (χ1v) is 6.36. The molecular formula is C16H17N3. The lowest BCUT2D eigenvalue weighted by atomic mass is 10.1. The van der Waals surface area contributed by atoms with E-state index in [1.165, 1.54) is 5.56 Å². The van der Waals surface area contributed by atoms with Crippen LogP contribution in [0.2, 0.25) is 0 Å². The van der Waals surface area contributed by atoms with E-state index in [1.54, 1.807) is 0 Å². The van der Waals surface area contributed by atoms with E-state index in [9.17, 15) is 0 Å². The van der Waals surface area contributed by atoms with E-state index in [2.05, 4.69) is 42.7 Å². The maximum absolute atomic E-state index is 6.12. The highest BCUT2D eigenvalue weighted by molar-refractivity contribution is 5.85. The van der Waals surface area contributed by atoms with Gasteiger partial charge in [-0.2, -0.15) is 0 Å². The number of nitrogens with two attached hydrogens (primary N) is 1. The summed E-state index contributed by atoms with van der Waals surface area (Å²) in [6.07, 6.45) is 0. The highest BCUT2D eigenvalue weighted by Crippen LogP contribution is 2.30. The van der Waals surface area contributed by atoms with E-state index in [1.807, 2.05) is 19.2 Å². The Morgan fingerprint density at radius 3 is 2.63 bits per heavy atom. The van der Waals surface area contributed by atoms with Gasteiger partial charge in [0.05, 0.1) is 11.0 Å². The molecule has 0 bridgehead atoms. The number of benzene rings is 2. The Balaban J connectivity index is 2.34. The zero-order valence-electron chi connectivity index (χ0n) is 11.4. The summed E-state index contributed by atoms with van der Waals surface area (Å²) < 4.78 is 2.10.